The molecule has 0 saturated carbocycles. The van der Waals surface area contributed by atoms with Gasteiger partial charge in [-0.15, -0.1) is 6.42 Å². The number of fused-ring (bicyclic) bond motifs is 1. The number of nitrogen functional groups attached to an aromatic ring is 1. The number of nitrogens with two attached hydrogens (primary N) is 1. The van der Waals surface area contributed by atoms with E-state index in [-0.39, 0.29) is 42.2 Å². The van der Waals surface area contributed by atoms with Crippen LogP contribution < -0.4 is 15.3 Å². The minimum atomic E-state index is -4.48. The third kappa shape index (κ3) is 14.1. The summed E-state index contributed by atoms with van der Waals surface area (Å²) in [5.74, 6) is 1.86. The van der Waals surface area contributed by atoms with Crippen molar-refractivity contribution in [2.24, 2.45) is 0 Å². The van der Waals surface area contributed by atoms with Crippen molar-refractivity contribution in [1.29, 1.82) is 0 Å². The predicted molar refractivity (Wildman–Crippen MR) is 230 cm³/mol. The van der Waals surface area contributed by atoms with Crippen LogP contribution in [-0.2, 0) is 29.8 Å². The second kappa shape index (κ2) is 24.2. The highest BCUT2D eigenvalue weighted by atomic mass is 31.2. The van der Waals surface area contributed by atoms with Gasteiger partial charge < -0.3 is 24.8 Å². The zero-order valence-corrected chi connectivity index (χ0v) is 35.8. The Morgan fingerprint density at radius 3 is 2.15 bits per heavy atom. The number of aromatic nitrogens is 4. The molecule has 4 N–H and O–H groups in total. The van der Waals surface area contributed by atoms with Gasteiger partial charge in [0.25, 0.3) is 0 Å². The Balaban J connectivity index is 1.16. The zero-order chi connectivity index (χ0) is 42.6. The number of unbranched alkanes of at least 4 members (excludes halogenated alkanes) is 15. The molecular weight excluding hydrogens is 787 g/mol. The number of terminal acetylenes is 1. The maximum atomic E-state index is 14.7. The van der Waals surface area contributed by atoms with Gasteiger partial charge in [-0.25, -0.2) is 9.55 Å². The summed E-state index contributed by atoms with van der Waals surface area (Å²) in [6, 6.07) is 16.4. The van der Waals surface area contributed by atoms with E-state index in [0.29, 0.717) is 6.42 Å². The van der Waals surface area contributed by atoms with Crippen molar-refractivity contribution in [3.63, 3.8) is 0 Å². The van der Waals surface area contributed by atoms with Crippen molar-refractivity contribution in [2.45, 2.75) is 146 Å². The first kappa shape index (κ1) is 46.7. The van der Waals surface area contributed by atoms with Crippen LogP contribution in [0.25, 0.3) is 11.2 Å². The molecule has 0 bridgehead atoms. The number of ether oxygens (including phenoxy) is 2. The molecule has 326 valence electrons. The van der Waals surface area contributed by atoms with Crippen molar-refractivity contribution >= 4 is 30.7 Å². The van der Waals surface area contributed by atoms with E-state index in [9.17, 15) is 18.9 Å². The number of benzene rings is 2. The van der Waals surface area contributed by atoms with Gasteiger partial charge in [-0.05, 0) is 30.5 Å². The summed E-state index contributed by atoms with van der Waals surface area (Å²) < 4.78 is 54.1. The van der Waals surface area contributed by atoms with Gasteiger partial charge in [-0.2, -0.15) is 19.4 Å². The molecule has 0 amide bonds. The number of carbonyl (C=O) groups excluding carboxylic acids is 1. The third-order valence-electron chi connectivity index (χ3n) is 10.8. The first-order valence-electron chi connectivity index (χ1n) is 21.6. The largest absolute Gasteiger partial charge is 0.465 e. The molecule has 13 nitrogen and oxygen atoms in total. The van der Waals surface area contributed by atoms with Crippen molar-refractivity contribution < 1.29 is 37.4 Å². The number of hydrogen-bond donors (Lipinski definition) is 3. The molecule has 1 aliphatic heterocycles. The number of hydrogen-bond acceptors (Lipinski definition) is 11. The number of aliphatic hydroxyl groups excluding tert-OH is 1. The lowest BCUT2D eigenvalue weighted by molar-refractivity contribution is -0.146. The van der Waals surface area contributed by atoms with Crippen LogP contribution in [0.4, 0.5) is 10.2 Å². The number of nitrogens with zero attached hydrogens (tertiary/aromatic N) is 4. The molecule has 15 heteroatoms. The second-order valence-corrected chi connectivity index (χ2v) is 17.3. The first-order valence-corrected chi connectivity index (χ1v) is 23.2. The van der Waals surface area contributed by atoms with Crippen molar-refractivity contribution in [2.75, 3.05) is 18.9 Å². The molecular formula is C45H62FN6O7P. The van der Waals surface area contributed by atoms with Gasteiger partial charge in [0.15, 0.2) is 22.6 Å². The number of carbonyl (C=O) groups is 1. The molecule has 0 aliphatic carbocycles. The molecule has 1 aliphatic rings. The first-order chi connectivity index (χ1) is 29.1. The minimum absolute atomic E-state index is 0.0348. The number of imidazole rings is 1. The van der Waals surface area contributed by atoms with Crippen LogP contribution in [0.15, 0.2) is 67.0 Å². The number of nitrogens with one attached hydrogen (secondary N) is 1. The van der Waals surface area contributed by atoms with E-state index < -0.39 is 50.4 Å². The van der Waals surface area contributed by atoms with Crippen LogP contribution in [0.5, 0.6) is 5.75 Å². The van der Waals surface area contributed by atoms with Crippen LogP contribution in [-0.4, -0.2) is 61.6 Å². The number of rotatable bonds is 28. The molecule has 0 radical (unpaired) electrons. The predicted octanol–water partition coefficient (Wildman–Crippen LogP) is 9.41. The highest BCUT2D eigenvalue weighted by Gasteiger charge is 2.50. The Morgan fingerprint density at radius 1 is 0.967 bits per heavy atom. The molecule has 4 aromatic rings. The Bertz CT molecular complexity index is 1980. The second-order valence-electron chi connectivity index (χ2n) is 15.6. The maximum absolute atomic E-state index is 14.7. The van der Waals surface area contributed by atoms with E-state index in [2.05, 4.69) is 32.9 Å². The Hall–Kier alpha value is -4.38. The summed E-state index contributed by atoms with van der Waals surface area (Å²) in [5.41, 5.74) is 4.95. The fourth-order valence-electron chi connectivity index (χ4n) is 7.38. The number of anilines is 1. The summed E-state index contributed by atoms with van der Waals surface area (Å²) >= 11 is 0. The van der Waals surface area contributed by atoms with Gasteiger partial charge in [0.05, 0.1) is 12.9 Å². The number of halogens is 1. The molecule has 2 aromatic heterocycles. The van der Waals surface area contributed by atoms with Gasteiger partial charge in [-0.3, -0.25) is 13.9 Å². The standard InChI is InChI=1S/C45H62FN6O7P/c1-3-5-6-7-8-9-10-11-12-13-14-15-16-17-18-25-30-56-43(54)37(31-35-26-21-19-22-27-35)51-60(55,59-36-28-23-20-24-29-36)57-33-45(4-2)38(53)32-39(58-45)52-34-48-40-41(47)49-44(46)50-42(40)52/h2,19-24,26-29,34,37-39,53H,3,5-18,25,30-33H2,1H3,(H,51,55)(H2,47,49,50)/t37-,38-,39+,45+,60-/m0/s1. The van der Waals surface area contributed by atoms with Crippen LogP contribution in [0.2, 0.25) is 0 Å². The summed E-state index contributed by atoms with van der Waals surface area (Å²) in [6.45, 7) is 1.84. The third-order valence-corrected chi connectivity index (χ3v) is 12.4. The van der Waals surface area contributed by atoms with Crippen LogP contribution in [0.3, 0.4) is 0 Å². The molecule has 0 unspecified atom stereocenters. The maximum Gasteiger partial charge on any atom is 0.459 e. The number of esters is 1. The fourth-order valence-corrected chi connectivity index (χ4v) is 8.90. The summed E-state index contributed by atoms with van der Waals surface area (Å²) in [5, 5.41) is 14.1. The summed E-state index contributed by atoms with van der Waals surface area (Å²) in [6.07, 6.45) is 23.7. The lowest BCUT2D eigenvalue weighted by Gasteiger charge is -2.30. The van der Waals surface area contributed by atoms with Gasteiger partial charge in [0.2, 0.25) is 0 Å². The zero-order valence-electron chi connectivity index (χ0n) is 34.9. The molecule has 1 fully saturated rings. The smallest absolute Gasteiger partial charge is 0.459 e. The fraction of sp³-hybridized carbons (Fsp3) is 0.556. The SMILES string of the molecule is C#C[C@]1(CO[P@@](=O)(N[C@@H](Cc2ccccc2)C(=O)OCCCCCCCCCCCCCCCCCC)Oc2ccccc2)O[C@@H](n2cnc3c(N)nc(F)nc32)C[C@@H]1O. The van der Waals surface area contributed by atoms with Gasteiger partial charge in [0.1, 0.15) is 30.7 Å². The Morgan fingerprint density at radius 2 is 1.55 bits per heavy atom. The van der Waals surface area contributed by atoms with Crippen molar-refractivity contribution in [1.82, 2.24) is 24.6 Å². The van der Waals surface area contributed by atoms with E-state index in [4.69, 9.17) is 30.7 Å². The molecule has 3 heterocycles. The van der Waals surface area contributed by atoms with E-state index >= 15 is 0 Å². The van der Waals surface area contributed by atoms with Crippen LogP contribution in [0, 0.1) is 18.4 Å². The lowest BCUT2D eigenvalue weighted by Crippen LogP contribution is -2.44. The van der Waals surface area contributed by atoms with E-state index in [1.165, 1.54) is 87.9 Å². The van der Waals surface area contributed by atoms with Crippen LogP contribution >= 0.6 is 7.75 Å². The van der Waals surface area contributed by atoms with Crippen molar-refractivity contribution in [3.8, 4) is 18.1 Å². The Labute approximate surface area is 354 Å². The van der Waals surface area contributed by atoms with Crippen LogP contribution in [0.1, 0.15) is 128 Å². The Kier molecular flexibility index (Phi) is 18.8. The normalized spacial score (nSPS) is 19.2. The molecule has 1 saturated heterocycles. The highest BCUT2D eigenvalue weighted by Crippen LogP contribution is 2.48. The van der Waals surface area contributed by atoms with Gasteiger partial charge in [-0.1, -0.05) is 158 Å². The monoisotopic (exact) mass is 848 g/mol. The van der Waals surface area contributed by atoms with E-state index in [0.717, 1.165) is 24.8 Å². The number of para-hydroxylation sites is 1. The lowest BCUT2D eigenvalue weighted by atomic mass is 9.99. The molecule has 5 atom stereocenters. The average molecular weight is 849 g/mol. The molecule has 5 rings (SSSR count). The molecule has 0 spiro atoms. The topological polar surface area (TPSA) is 173 Å². The molecule has 60 heavy (non-hydrogen) atoms. The van der Waals surface area contributed by atoms with E-state index in [1.807, 2.05) is 30.3 Å². The van der Waals surface area contributed by atoms with E-state index in [1.54, 1.807) is 30.3 Å². The molecule has 2 aromatic carbocycles. The minimum Gasteiger partial charge on any atom is -0.465 e. The van der Waals surface area contributed by atoms with Gasteiger partial charge >= 0.3 is 19.8 Å². The quantitative estimate of drug-likeness (QED) is 0.0163. The average Bonchev–Trinajstić information content (AvgIpc) is 3.82. The summed E-state index contributed by atoms with van der Waals surface area (Å²) in [4.78, 5) is 25.2. The summed E-state index contributed by atoms with van der Waals surface area (Å²) in [7, 11) is -4.48. The van der Waals surface area contributed by atoms with Gasteiger partial charge in [0, 0.05) is 6.42 Å². The number of aliphatic hydroxyl groups is 1. The highest BCUT2D eigenvalue weighted by molar-refractivity contribution is 7.52. The van der Waals surface area contributed by atoms with Crippen molar-refractivity contribution in [3.05, 3.63) is 78.6 Å².